The Morgan fingerprint density at radius 1 is 0.875 bits per heavy atom. The Labute approximate surface area is 201 Å². The molecule has 0 atom stereocenters. The molecular weight excluding hydrogens is 495 g/mol. The lowest BCUT2D eigenvalue weighted by Gasteiger charge is -2.11. The molecule has 2 N–H and O–H groups in total. The minimum absolute atomic E-state index is 0.0258. The smallest absolute Gasteiger partial charge is 0.261 e. The number of anilines is 2. The molecule has 3 rings (SSSR count). The maximum Gasteiger partial charge on any atom is 0.261 e. The predicted octanol–water partition coefficient (Wildman–Crippen LogP) is 6.25. The number of rotatable bonds is 9. The van der Waals surface area contributed by atoms with E-state index in [1.807, 2.05) is 0 Å². The third-order valence-corrected chi connectivity index (χ3v) is 6.44. The number of carbonyl (C=O) groups excluding carboxylic acids is 1. The maximum atomic E-state index is 12.6. The van der Waals surface area contributed by atoms with E-state index in [4.69, 9.17) is 39.5 Å². The Bertz CT molecular complexity index is 1180. The average molecular weight is 514 g/mol. The fourth-order valence-electron chi connectivity index (χ4n) is 2.67. The Morgan fingerprint density at radius 3 is 2.19 bits per heavy atom. The summed E-state index contributed by atoms with van der Waals surface area (Å²) >= 11 is 17.7. The molecule has 0 bridgehead atoms. The number of benzene rings is 3. The number of hydrogen-bond donors (Lipinski definition) is 2. The number of carbonyl (C=O) groups is 1. The molecule has 10 heteroatoms. The van der Waals surface area contributed by atoms with Crippen LogP contribution in [0.2, 0.25) is 15.1 Å². The van der Waals surface area contributed by atoms with Crippen LogP contribution in [0, 0.1) is 0 Å². The summed E-state index contributed by atoms with van der Waals surface area (Å²) in [5.74, 6) is 0.478. The van der Waals surface area contributed by atoms with Gasteiger partial charge in [0.2, 0.25) is 5.91 Å². The maximum absolute atomic E-state index is 12.6. The van der Waals surface area contributed by atoms with Gasteiger partial charge in [-0.3, -0.25) is 9.52 Å². The SMILES string of the molecule is O=C(CCCOc1ccc(Cl)cc1)Nc1ccc(S(=O)(=O)Nc2ccc(Cl)cc2Cl)cc1. The zero-order valence-electron chi connectivity index (χ0n) is 16.6. The Kier molecular flexibility index (Phi) is 8.26. The van der Waals surface area contributed by atoms with Crippen molar-refractivity contribution in [2.24, 2.45) is 0 Å². The lowest BCUT2D eigenvalue weighted by Crippen LogP contribution is -2.14. The van der Waals surface area contributed by atoms with E-state index in [-0.39, 0.29) is 27.9 Å². The number of nitrogens with one attached hydrogen (secondary N) is 2. The number of hydrogen-bond acceptors (Lipinski definition) is 4. The van der Waals surface area contributed by atoms with Crippen molar-refractivity contribution in [3.63, 3.8) is 0 Å². The second kappa shape index (κ2) is 10.9. The topological polar surface area (TPSA) is 84.5 Å². The monoisotopic (exact) mass is 512 g/mol. The summed E-state index contributed by atoms with van der Waals surface area (Å²) in [6, 6.07) is 17.2. The van der Waals surface area contributed by atoms with E-state index in [9.17, 15) is 13.2 Å². The van der Waals surface area contributed by atoms with Gasteiger partial charge in [-0.2, -0.15) is 0 Å². The van der Waals surface area contributed by atoms with Gasteiger partial charge in [0.05, 0.1) is 22.2 Å². The van der Waals surface area contributed by atoms with Crippen molar-refractivity contribution in [3.8, 4) is 5.75 Å². The fraction of sp³-hybridized carbons (Fsp3) is 0.136. The summed E-state index contributed by atoms with van der Waals surface area (Å²) in [5, 5.41) is 3.94. The molecule has 168 valence electrons. The Hall–Kier alpha value is -2.45. The van der Waals surface area contributed by atoms with Crippen LogP contribution in [0.1, 0.15) is 12.8 Å². The largest absolute Gasteiger partial charge is 0.494 e. The molecule has 0 aliphatic heterocycles. The van der Waals surface area contributed by atoms with Crippen molar-refractivity contribution in [1.29, 1.82) is 0 Å². The van der Waals surface area contributed by atoms with Crippen LogP contribution in [0.3, 0.4) is 0 Å². The highest BCUT2D eigenvalue weighted by Crippen LogP contribution is 2.28. The first-order chi connectivity index (χ1) is 15.2. The van der Waals surface area contributed by atoms with Crippen LogP contribution in [0.5, 0.6) is 5.75 Å². The quantitative estimate of drug-likeness (QED) is 0.331. The van der Waals surface area contributed by atoms with Crippen LogP contribution in [-0.2, 0) is 14.8 Å². The lowest BCUT2D eigenvalue weighted by atomic mass is 10.2. The molecule has 6 nitrogen and oxygen atoms in total. The third kappa shape index (κ3) is 7.03. The highest BCUT2D eigenvalue weighted by Gasteiger charge is 2.16. The van der Waals surface area contributed by atoms with Gasteiger partial charge in [-0.05, 0) is 73.2 Å². The zero-order chi connectivity index (χ0) is 23.1. The van der Waals surface area contributed by atoms with E-state index < -0.39 is 10.0 Å². The van der Waals surface area contributed by atoms with Crippen LogP contribution in [0.4, 0.5) is 11.4 Å². The average Bonchev–Trinajstić information content (AvgIpc) is 2.75. The molecule has 0 spiro atoms. The first-order valence-electron chi connectivity index (χ1n) is 9.49. The van der Waals surface area contributed by atoms with Gasteiger partial charge in [-0.15, -0.1) is 0 Å². The first kappa shape index (κ1) is 24.2. The van der Waals surface area contributed by atoms with E-state index >= 15 is 0 Å². The number of ether oxygens (including phenoxy) is 1. The van der Waals surface area contributed by atoms with Crippen LogP contribution < -0.4 is 14.8 Å². The van der Waals surface area contributed by atoms with E-state index in [0.29, 0.717) is 34.5 Å². The summed E-state index contributed by atoms with van der Waals surface area (Å²) in [6.07, 6.45) is 0.775. The van der Waals surface area contributed by atoms with Crippen molar-refractivity contribution < 1.29 is 17.9 Å². The van der Waals surface area contributed by atoms with Gasteiger partial charge in [0.15, 0.2) is 0 Å². The van der Waals surface area contributed by atoms with Crippen LogP contribution in [-0.4, -0.2) is 20.9 Å². The first-order valence-corrected chi connectivity index (χ1v) is 12.1. The predicted molar refractivity (Wildman–Crippen MR) is 129 cm³/mol. The second-order valence-corrected chi connectivity index (χ2v) is 9.67. The summed E-state index contributed by atoms with van der Waals surface area (Å²) in [7, 11) is -3.86. The van der Waals surface area contributed by atoms with Crippen LogP contribution in [0.25, 0.3) is 0 Å². The highest BCUT2D eigenvalue weighted by molar-refractivity contribution is 7.92. The molecule has 0 saturated heterocycles. The van der Waals surface area contributed by atoms with Gasteiger partial charge in [-0.1, -0.05) is 34.8 Å². The molecule has 0 fully saturated rings. The van der Waals surface area contributed by atoms with Crippen molar-refractivity contribution in [3.05, 3.63) is 81.8 Å². The molecule has 1 amide bonds. The molecule has 0 aliphatic rings. The standard InChI is InChI=1S/C22H19Cl3N2O4S/c23-15-3-8-18(9-4-15)31-13-1-2-22(28)26-17-6-10-19(11-7-17)32(29,30)27-21-12-5-16(24)14-20(21)25/h3-12,14,27H,1-2,13H2,(H,26,28). The zero-order valence-corrected chi connectivity index (χ0v) is 19.7. The van der Waals surface area contributed by atoms with Crippen molar-refractivity contribution in [2.45, 2.75) is 17.7 Å². The molecule has 3 aromatic carbocycles. The lowest BCUT2D eigenvalue weighted by molar-refractivity contribution is -0.116. The van der Waals surface area contributed by atoms with E-state index in [1.54, 1.807) is 24.3 Å². The van der Waals surface area contributed by atoms with Gasteiger partial charge < -0.3 is 10.1 Å². The molecule has 0 heterocycles. The van der Waals surface area contributed by atoms with Crippen molar-refractivity contribution >= 4 is 62.1 Å². The fourth-order valence-corrected chi connectivity index (χ4v) is 4.39. The van der Waals surface area contributed by atoms with Crippen LogP contribution >= 0.6 is 34.8 Å². The van der Waals surface area contributed by atoms with Crippen molar-refractivity contribution in [1.82, 2.24) is 0 Å². The Morgan fingerprint density at radius 2 is 1.53 bits per heavy atom. The highest BCUT2D eigenvalue weighted by atomic mass is 35.5. The molecule has 0 saturated carbocycles. The molecule has 3 aromatic rings. The summed E-state index contributed by atoms with van der Waals surface area (Å²) in [5.41, 5.74) is 0.700. The van der Waals surface area contributed by atoms with Gasteiger partial charge in [0.25, 0.3) is 10.0 Å². The van der Waals surface area contributed by atoms with E-state index in [0.717, 1.165) is 0 Å². The van der Waals surface area contributed by atoms with Gasteiger partial charge >= 0.3 is 0 Å². The van der Waals surface area contributed by atoms with Gasteiger partial charge in [-0.25, -0.2) is 8.42 Å². The van der Waals surface area contributed by atoms with E-state index in [2.05, 4.69) is 10.0 Å². The summed E-state index contributed by atoms with van der Waals surface area (Å²) in [4.78, 5) is 12.1. The molecule has 0 unspecified atom stereocenters. The van der Waals surface area contributed by atoms with Gasteiger partial charge in [0.1, 0.15) is 5.75 Å². The second-order valence-electron chi connectivity index (χ2n) is 6.71. The minimum Gasteiger partial charge on any atom is -0.494 e. The molecule has 0 aromatic heterocycles. The normalized spacial score (nSPS) is 11.1. The molecule has 0 aliphatic carbocycles. The third-order valence-electron chi connectivity index (χ3n) is 4.25. The number of sulfonamides is 1. The number of halogens is 3. The Balaban J connectivity index is 1.49. The van der Waals surface area contributed by atoms with Gasteiger partial charge in [0, 0.05) is 22.2 Å². The van der Waals surface area contributed by atoms with Crippen molar-refractivity contribution in [2.75, 3.05) is 16.6 Å². The van der Waals surface area contributed by atoms with E-state index in [1.165, 1.54) is 42.5 Å². The minimum atomic E-state index is -3.86. The number of amides is 1. The molecule has 0 radical (unpaired) electrons. The van der Waals surface area contributed by atoms with Crippen LogP contribution in [0.15, 0.2) is 71.6 Å². The molecule has 32 heavy (non-hydrogen) atoms. The molecular formula is C22H19Cl3N2O4S. The summed E-state index contributed by atoms with van der Waals surface area (Å²) in [6.45, 7) is 0.380. The summed E-state index contributed by atoms with van der Waals surface area (Å²) < 4.78 is 33.1.